The summed E-state index contributed by atoms with van der Waals surface area (Å²) in [5.74, 6) is 1.46. The molecule has 0 saturated carbocycles. The number of likely N-dealkylation sites (N-methyl/N-ethyl adjacent to an activating group) is 1. The zero-order valence-electron chi connectivity index (χ0n) is 13.6. The number of para-hydroxylation sites is 1. The largest absolute Gasteiger partial charge is 0.488 e. The molecule has 0 N–H and O–H groups in total. The van der Waals surface area contributed by atoms with Crippen LogP contribution in [0.15, 0.2) is 36.7 Å². The van der Waals surface area contributed by atoms with Crippen molar-refractivity contribution in [1.29, 1.82) is 0 Å². The maximum Gasteiger partial charge on any atom is 0.273 e. The summed E-state index contributed by atoms with van der Waals surface area (Å²) < 4.78 is 5.95. The number of anilines is 1. The summed E-state index contributed by atoms with van der Waals surface area (Å²) >= 11 is 0. The van der Waals surface area contributed by atoms with E-state index < -0.39 is 0 Å². The van der Waals surface area contributed by atoms with Gasteiger partial charge in [0, 0.05) is 27.6 Å². The van der Waals surface area contributed by atoms with Gasteiger partial charge in [0.05, 0.1) is 18.9 Å². The molecular formula is C17H20N4O2. The third-order valence-corrected chi connectivity index (χ3v) is 3.83. The van der Waals surface area contributed by atoms with Crippen LogP contribution in [-0.4, -0.2) is 54.6 Å². The summed E-state index contributed by atoms with van der Waals surface area (Å²) in [6.07, 6.45) is 4.10. The van der Waals surface area contributed by atoms with Crippen molar-refractivity contribution in [3.63, 3.8) is 0 Å². The van der Waals surface area contributed by atoms with Crippen molar-refractivity contribution in [2.45, 2.75) is 12.5 Å². The Kier molecular flexibility index (Phi) is 4.14. The number of hydrogen-bond acceptors (Lipinski definition) is 5. The van der Waals surface area contributed by atoms with Gasteiger partial charge in [0.25, 0.3) is 5.91 Å². The Morgan fingerprint density at radius 1 is 1.26 bits per heavy atom. The Labute approximate surface area is 135 Å². The fourth-order valence-electron chi connectivity index (χ4n) is 2.63. The molecule has 0 saturated heterocycles. The maximum atomic E-state index is 12.0. The van der Waals surface area contributed by atoms with Crippen LogP contribution in [-0.2, 0) is 6.42 Å². The highest BCUT2D eigenvalue weighted by Gasteiger charge is 2.24. The Morgan fingerprint density at radius 3 is 2.78 bits per heavy atom. The first-order valence-corrected chi connectivity index (χ1v) is 7.54. The second-order valence-electron chi connectivity index (χ2n) is 5.89. The van der Waals surface area contributed by atoms with Crippen LogP contribution in [0.3, 0.4) is 0 Å². The molecule has 1 aromatic carbocycles. The predicted molar refractivity (Wildman–Crippen MR) is 87.9 cm³/mol. The Balaban J connectivity index is 1.69. The molecule has 0 spiro atoms. The van der Waals surface area contributed by atoms with E-state index >= 15 is 0 Å². The smallest absolute Gasteiger partial charge is 0.273 e. The summed E-state index contributed by atoms with van der Waals surface area (Å²) in [6, 6.07) is 8.08. The van der Waals surface area contributed by atoms with Gasteiger partial charge in [0.2, 0.25) is 0 Å². The molecule has 0 aliphatic carbocycles. The van der Waals surface area contributed by atoms with Gasteiger partial charge in [0.1, 0.15) is 23.4 Å². The van der Waals surface area contributed by atoms with Crippen LogP contribution in [0.4, 0.5) is 5.82 Å². The highest BCUT2D eigenvalue weighted by atomic mass is 16.5. The molecule has 1 aliphatic rings. The number of hydrogen-bond donors (Lipinski definition) is 0. The van der Waals surface area contributed by atoms with E-state index in [1.807, 2.05) is 30.1 Å². The van der Waals surface area contributed by atoms with Crippen LogP contribution < -0.4 is 9.64 Å². The maximum absolute atomic E-state index is 12.0. The molecule has 0 bridgehead atoms. The minimum absolute atomic E-state index is 0.0763. The Bertz CT molecular complexity index is 692. The van der Waals surface area contributed by atoms with Crippen molar-refractivity contribution in [1.82, 2.24) is 14.9 Å². The van der Waals surface area contributed by atoms with E-state index in [1.54, 1.807) is 20.3 Å². The summed E-state index contributed by atoms with van der Waals surface area (Å²) in [7, 11) is 5.33. The lowest BCUT2D eigenvalue weighted by atomic mass is 10.1. The van der Waals surface area contributed by atoms with E-state index in [9.17, 15) is 4.79 Å². The van der Waals surface area contributed by atoms with Crippen LogP contribution in [0, 0.1) is 0 Å². The molecule has 1 amide bonds. The van der Waals surface area contributed by atoms with E-state index in [0.29, 0.717) is 18.1 Å². The van der Waals surface area contributed by atoms with Crippen molar-refractivity contribution in [2.24, 2.45) is 0 Å². The number of ether oxygens (including phenoxy) is 1. The van der Waals surface area contributed by atoms with Gasteiger partial charge in [-0.3, -0.25) is 9.78 Å². The summed E-state index contributed by atoms with van der Waals surface area (Å²) in [5, 5.41) is 0. The van der Waals surface area contributed by atoms with Gasteiger partial charge in [-0.05, 0) is 11.6 Å². The standard InChI is InChI=1S/C17H20N4O2/c1-20(2)17(22)14-9-18-10-16(19-14)21(3)11-13-8-12-6-4-5-7-15(12)23-13/h4-7,9-10,13H,8,11H2,1-3H3. The molecule has 6 heteroatoms. The number of carbonyl (C=O) groups is 1. The number of aromatic nitrogens is 2. The second-order valence-corrected chi connectivity index (χ2v) is 5.89. The first kappa shape index (κ1) is 15.3. The number of rotatable bonds is 4. The fraction of sp³-hybridized carbons (Fsp3) is 0.353. The zero-order valence-corrected chi connectivity index (χ0v) is 13.6. The predicted octanol–water partition coefficient (Wildman–Crippen LogP) is 1.62. The molecule has 1 atom stereocenters. The van der Waals surface area contributed by atoms with E-state index in [1.165, 1.54) is 16.7 Å². The third kappa shape index (κ3) is 3.26. The van der Waals surface area contributed by atoms with Crippen LogP contribution in [0.2, 0.25) is 0 Å². The zero-order chi connectivity index (χ0) is 16.4. The SMILES string of the molecule is CN(C)C(=O)c1cncc(N(C)CC2Cc3ccccc3O2)n1. The summed E-state index contributed by atoms with van der Waals surface area (Å²) in [6.45, 7) is 0.684. The van der Waals surface area contributed by atoms with E-state index in [-0.39, 0.29) is 12.0 Å². The van der Waals surface area contributed by atoms with Gasteiger partial charge in [-0.1, -0.05) is 18.2 Å². The molecule has 2 aromatic rings. The molecule has 120 valence electrons. The van der Waals surface area contributed by atoms with Gasteiger partial charge >= 0.3 is 0 Å². The second kappa shape index (κ2) is 6.24. The average molecular weight is 312 g/mol. The molecule has 3 rings (SSSR count). The minimum Gasteiger partial charge on any atom is -0.488 e. The lowest BCUT2D eigenvalue weighted by molar-refractivity contribution is 0.0821. The molecule has 1 unspecified atom stereocenters. The molecule has 6 nitrogen and oxygen atoms in total. The first-order chi connectivity index (χ1) is 11.0. The van der Waals surface area contributed by atoms with Gasteiger partial charge in [-0.15, -0.1) is 0 Å². The number of fused-ring (bicyclic) bond motifs is 1. The highest BCUT2D eigenvalue weighted by Crippen LogP contribution is 2.28. The van der Waals surface area contributed by atoms with Crippen LogP contribution in [0.25, 0.3) is 0 Å². The van der Waals surface area contributed by atoms with Gasteiger partial charge in [-0.25, -0.2) is 4.98 Å². The summed E-state index contributed by atoms with van der Waals surface area (Å²) in [5.41, 5.74) is 1.57. The Morgan fingerprint density at radius 2 is 2.04 bits per heavy atom. The van der Waals surface area contributed by atoms with Crippen molar-refractivity contribution in [3.05, 3.63) is 47.9 Å². The van der Waals surface area contributed by atoms with Gasteiger partial charge in [-0.2, -0.15) is 0 Å². The quantitative estimate of drug-likeness (QED) is 0.858. The van der Waals surface area contributed by atoms with Crippen molar-refractivity contribution in [2.75, 3.05) is 32.6 Å². The van der Waals surface area contributed by atoms with Crippen molar-refractivity contribution in [3.8, 4) is 5.75 Å². The van der Waals surface area contributed by atoms with Crippen LogP contribution in [0.5, 0.6) is 5.75 Å². The lowest BCUT2D eigenvalue weighted by Gasteiger charge is -2.22. The van der Waals surface area contributed by atoms with Gasteiger partial charge < -0.3 is 14.5 Å². The molecule has 23 heavy (non-hydrogen) atoms. The topological polar surface area (TPSA) is 58.6 Å². The minimum atomic E-state index is -0.155. The first-order valence-electron chi connectivity index (χ1n) is 7.54. The molecule has 0 radical (unpaired) electrons. The normalized spacial score (nSPS) is 15.7. The molecule has 2 heterocycles. The van der Waals surface area contributed by atoms with Crippen LogP contribution in [0.1, 0.15) is 16.1 Å². The van der Waals surface area contributed by atoms with Crippen molar-refractivity contribution < 1.29 is 9.53 Å². The average Bonchev–Trinajstić information content (AvgIpc) is 2.96. The molecule has 1 aromatic heterocycles. The highest BCUT2D eigenvalue weighted by molar-refractivity contribution is 5.91. The van der Waals surface area contributed by atoms with E-state index in [2.05, 4.69) is 16.0 Å². The van der Waals surface area contributed by atoms with Crippen molar-refractivity contribution >= 4 is 11.7 Å². The van der Waals surface area contributed by atoms with E-state index in [4.69, 9.17) is 4.74 Å². The van der Waals surface area contributed by atoms with Gasteiger partial charge in [0.15, 0.2) is 0 Å². The number of benzene rings is 1. The Hall–Kier alpha value is -2.63. The lowest BCUT2D eigenvalue weighted by Crippen LogP contribution is -2.33. The summed E-state index contributed by atoms with van der Waals surface area (Å²) in [4.78, 5) is 24.0. The molecular weight excluding hydrogens is 292 g/mol. The fourth-order valence-corrected chi connectivity index (χ4v) is 2.63. The number of nitrogens with zero attached hydrogens (tertiary/aromatic N) is 4. The number of amides is 1. The number of carbonyl (C=O) groups excluding carboxylic acids is 1. The van der Waals surface area contributed by atoms with E-state index in [0.717, 1.165) is 12.2 Å². The molecule has 0 fully saturated rings. The monoisotopic (exact) mass is 312 g/mol. The molecule has 1 aliphatic heterocycles. The third-order valence-electron chi connectivity index (χ3n) is 3.83. The van der Waals surface area contributed by atoms with Crippen LogP contribution >= 0.6 is 0 Å².